The van der Waals surface area contributed by atoms with Gasteiger partial charge in [0, 0.05) is 19.3 Å². The van der Waals surface area contributed by atoms with E-state index in [1.54, 1.807) is 12.1 Å². The molecule has 1 aliphatic heterocycles. The first-order valence-electron chi connectivity index (χ1n) is 7.14. The van der Waals surface area contributed by atoms with E-state index in [0.717, 1.165) is 0 Å². The van der Waals surface area contributed by atoms with Crippen molar-refractivity contribution in [3.8, 4) is 0 Å². The Kier molecular flexibility index (Phi) is 6.05. The summed E-state index contributed by atoms with van der Waals surface area (Å²) in [6, 6.07) is 4.25. The number of piperidine rings is 1. The third kappa shape index (κ3) is 5.38. The van der Waals surface area contributed by atoms with Crippen LogP contribution in [-0.2, 0) is 4.79 Å². The summed E-state index contributed by atoms with van der Waals surface area (Å²) in [7, 11) is 0. The molecule has 24 heavy (non-hydrogen) atoms. The smallest absolute Gasteiger partial charge is 0.389 e. The van der Waals surface area contributed by atoms with Crippen molar-refractivity contribution < 1.29 is 27.9 Å². The van der Waals surface area contributed by atoms with Crippen LogP contribution in [0, 0.1) is 0 Å². The second-order valence-electron chi connectivity index (χ2n) is 5.23. The zero-order valence-electron chi connectivity index (χ0n) is 12.5. The van der Waals surface area contributed by atoms with Crippen LogP contribution in [0.15, 0.2) is 24.4 Å². The third-order valence-corrected chi connectivity index (χ3v) is 4.23. The Labute approximate surface area is 140 Å². The van der Waals surface area contributed by atoms with Gasteiger partial charge in [-0.15, -0.1) is 0 Å². The summed E-state index contributed by atoms with van der Waals surface area (Å²) < 4.78 is 36.3. The highest BCUT2D eigenvalue weighted by Crippen LogP contribution is 2.30. The fourth-order valence-corrected chi connectivity index (χ4v) is 2.77. The lowest BCUT2D eigenvalue weighted by atomic mass is 10.0. The highest BCUT2D eigenvalue weighted by atomic mass is 32.2. The molecule has 2 amide bonds. The lowest BCUT2D eigenvalue weighted by molar-refractivity contribution is -0.132. The molecule has 6 nitrogen and oxygen atoms in total. The average Bonchev–Trinajstić information content (AvgIpc) is 2.54. The molecule has 0 bridgehead atoms. The molecule has 0 aliphatic carbocycles. The maximum atomic E-state index is 12.1. The highest BCUT2D eigenvalue weighted by molar-refractivity contribution is 8.00. The Hall–Kier alpha value is -1.81. The number of halogens is 3. The predicted octanol–water partition coefficient (Wildman–Crippen LogP) is 1.03. The molecule has 2 N–H and O–H groups in total. The van der Waals surface area contributed by atoms with Crippen molar-refractivity contribution in [2.24, 2.45) is 0 Å². The van der Waals surface area contributed by atoms with Crippen LogP contribution in [-0.4, -0.2) is 63.3 Å². The van der Waals surface area contributed by atoms with Crippen molar-refractivity contribution in [3.05, 3.63) is 30.1 Å². The Balaban J connectivity index is 1.84. The molecule has 10 heteroatoms. The first kappa shape index (κ1) is 18.5. The van der Waals surface area contributed by atoms with Gasteiger partial charge < -0.3 is 15.3 Å². The van der Waals surface area contributed by atoms with E-state index in [2.05, 4.69) is 10.3 Å². The van der Waals surface area contributed by atoms with Gasteiger partial charge in [-0.25, -0.2) is 0 Å². The third-order valence-electron chi connectivity index (χ3n) is 3.51. The van der Waals surface area contributed by atoms with Gasteiger partial charge in [0.1, 0.15) is 5.69 Å². The number of pyridine rings is 1. The molecule has 0 unspecified atom stereocenters. The molecule has 1 fully saturated rings. The fourth-order valence-electron chi connectivity index (χ4n) is 2.30. The molecular weight excluding hydrogens is 347 g/mol. The van der Waals surface area contributed by atoms with E-state index < -0.39 is 47.0 Å². The first-order valence-corrected chi connectivity index (χ1v) is 8.13. The van der Waals surface area contributed by atoms with Gasteiger partial charge in [0.25, 0.3) is 5.91 Å². The van der Waals surface area contributed by atoms with Gasteiger partial charge >= 0.3 is 5.51 Å². The fraction of sp³-hybridized carbons (Fsp3) is 0.500. The number of hydrogen-bond donors (Lipinski definition) is 2. The zero-order valence-corrected chi connectivity index (χ0v) is 13.3. The number of amides is 2. The minimum Gasteiger partial charge on any atom is -0.389 e. The normalized spacial score (nSPS) is 21.4. The van der Waals surface area contributed by atoms with Gasteiger partial charge in [0.2, 0.25) is 5.91 Å². The van der Waals surface area contributed by atoms with E-state index in [0.29, 0.717) is 0 Å². The van der Waals surface area contributed by atoms with E-state index in [4.69, 9.17) is 0 Å². The maximum Gasteiger partial charge on any atom is 0.442 e. The summed E-state index contributed by atoms with van der Waals surface area (Å²) in [5.41, 5.74) is -4.27. The second-order valence-corrected chi connectivity index (χ2v) is 6.27. The van der Waals surface area contributed by atoms with E-state index >= 15 is 0 Å². The van der Waals surface area contributed by atoms with Crippen LogP contribution in [0.4, 0.5) is 13.2 Å². The average molecular weight is 363 g/mol. The minimum atomic E-state index is -4.47. The maximum absolute atomic E-state index is 12.1. The number of aromatic nitrogens is 1. The van der Waals surface area contributed by atoms with Gasteiger partial charge in [-0.2, -0.15) is 13.2 Å². The number of nitrogens with one attached hydrogen (secondary N) is 1. The molecule has 1 aromatic heterocycles. The van der Waals surface area contributed by atoms with Crippen LogP contribution >= 0.6 is 11.8 Å². The molecule has 1 aromatic rings. The Morgan fingerprint density at radius 3 is 2.75 bits per heavy atom. The van der Waals surface area contributed by atoms with Gasteiger partial charge in [-0.3, -0.25) is 14.6 Å². The molecule has 2 rings (SSSR count). The SMILES string of the molecule is O=C(N[C@@H]1CCN(C(=O)CSC(F)(F)F)C[C@H]1O)c1ccccn1. The number of aliphatic hydroxyl groups excluding tert-OH is 1. The van der Waals surface area contributed by atoms with Crippen molar-refractivity contribution in [2.75, 3.05) is 18.8 Å². The summed E-state index contributed by atoms with van der Waals surface area (Å²) in [6.45, 7) is 0.0475. The summed E-state index contributed by atoms with van der Waals surface area (Å²) >= 11 is -0.406. The molecule has 1 aliphatic rings. The second kappa shape index (κ2) is 7.84. The van der Waals surface area contributed by atoms with Gasteiger partial charge in [-0.05, 0) is 30.3 Å². The lowest BCUT2D eigenvalue weighted by Gasteiger charge is -2.36. The largest absolute Gasteiger partial charge is 0.442 e. The van der Waals surface area contributed by atoms with E-state index in [9.17, 15) is 27.9 Å². The monoisotopic (exact) mass is 363 g/mol. The van der Waals surface area contributed by atoms with Crippen molar-refractivity contribution in [1.29, 1.82) is 0 Å². The zero-order chi connectivity index (χ0) is 17.7. The number of thioether (sulfide) groups is 1. The predicted molar refractivity (Wildman–Crippen MR) is 81.2 cm³/mol. The summed E-state index contributed by atoms with van der Waals surface area (Å²) in [5, 5.41) is 12.7. The van der Waals surface area contributed by atoms with Crippen molar-refractivity contribution >= 4 is 23.6 Å². The summed E-state index contributed by atoms with van der Waals surface area (Å²) in [6.07, 6.45) is 0.666. The summed E-state index contributed by atoms with van der Waals surface area (Å²) in [5.74, 6) is -1.86. The molecule has 0 spiro atoms. The molecular formula is C14H16F3N3O3S. The number of carbonyl (C=O) groups excluding carboxylic acids is 2. The Morgan fingerprint density at radius 2 is 2.17 bits per heavy atom. The Bertz CT molecular complexity index is 586. The highest BCUT2D eigenvalue weighted by Gasteiger charge is 2.34. The van der Waals surface area contributed by atoms with E-state index in [1.807, 2.05) is 0 Å². The number of carbonyl (C=O) groups is 2. The number of nitrogens with zero attached hydrogens (tertiary/aromatic N) is 2. The quantitative estimate of drug-likeness (QED) is 0.835. The molecule has 1 saturated heterocycles. The minimum absolute atomic E-state index is 0.121. The van der Waals surface area contributed by atoms with Gasteiger partial charge in [0.05, 0.1) is 17.9 Å². The topological polar surface area (TPSA) is 82.5 Å². The van der Waals surface area contributed by atoms with E-state index in [1.165, 1.54) is 17.2 Å². The van der Waals surface area contributed by atoms with Crippen molar-refractivity contribution in [2.45, 2.75) is 24.1 Å². The number of β-amino-alcohol motifs (C(OH)–C–C–N with tert-alkyl or cyclic N) is 1. The number of hydrogen-bond acceptors (Lipinski definition) is 5. The molecule has 0 aromatic carbocycles. The summed E-state index contributed by atoms with van der Waals surface area (Å²) in [4.78, 5) is 28.8. The molecule has 0 radical (unpaired) electrons. The van der Waals surface area contributed by atoms with Crippen LogP contribution < -0.4 is 5.32 Å². The van der Waals surface area contributed by atoms with Gasteiger partial charge in [0.15, 0.2) is 0 Å². The van der Waals surface area contributed by atoms with Crippen molar-refractivity contribution in [3.63, 3.8) is 0 Å². The van der Waals surface area contributed by atoms with Crippen LogP contribution in [0.25, 0.3) is 0 Å². The molecule has 2 atom stereocenters. The number of likely N-dealkylation sites (tertiary alicyclic amines) is 1. The first-order chi connectivity index (χ1) is 11.3. The molecule has 0 saturated carbocycles. The van der Waals surface area contributed by atoms with Crippen LogP contribution in [0.1, 0.15) is 16.9 Å². The number of aliphatic hydroxyl groups is 1. The van der Waals surface area contributed by atoms with Gasteiger partial charge in [-0.1, -0.05) is 6.07 Å². The number of alkyl halides is 3. The van der Waals surface area contributed by atoms with Crippen LogP contribution in [0.3, 0.4) is 0 Å². The van der Waals surface area contributed by atoms with Crippen molar-refractivity contribution in [1.82, 2.24) is 15.2 Å². The van der Waals surface area contributed by atoms with E-state index in [-0.39, 0.29) is 25.2 Å². The molecule has 2 heterocycles. The lowest BCUT2D eigenvalue weighted by Crippen LogP contribution is -2.55. The van der Waals surface area contributed by atoms with Crippen LogP contribution in [0.5, 0.6) is 0 Å². The number of rotatable bonds is 4. The van der Waals surface area contributed by atoms with Crippen LogP contribution in [0.2, 0.25) is 0 Å². The molecule has 132 valence electrons. The Morgan fingerprint density at radius 1 is 1.42 bits per heavy atom. The standard InChI is InChI=1S/C14H16F3N3O3S/c15-14(16,17)24-8-12(22)20-6-4-9(11(21)7-20)19-13(23)10-3-1-2-5-18-10/h1-3,5,9,11,21H,4,6-8H2,(H,19,23)/t9-,11-/m1/s1.